The number of nitro groups is 1. The van der Waals surface area contributed by atoms with Crippen LogP contribution in [0.15, 0.2) is 66.7 Å². The third-order valence-electron chi connectivity index (χ3n) is 3.70. The van der Waals surface area contributed by atoms with Crippen LogP contribution in [0.5, 0.6) is 5.75 Å². The molecule has 0 aliphatic carbocycles. The summed E-state index contributed by atoms with van der Waals surface area (Å²) in [6, 6.07) is 19.4. The number of ether oxygens (including phenoxy) is 1. The van der Waals surface area contributed by atoms with E-state index >= 15 is 0 Å². The Kier molecular flexibility index (Phi) is 4.89. The van der Waals surface area contributed by atoms with Gasteiger partial charge >= 0.3 is 0 Å². The van der Waals surface area contributed by atoms with Crippen LogP contribution in [0.2, 0.25) is 0 Å². The molecule has 1 N–H and O–H groups in total. The SMILES string of the molecule is O=C(NCCOc1ccc2ccccc2c1)c1cccc([N+](=O)[O-])c1. The summed E-state index contributed by atoms with van der Waals surface area (Å²) < 4.78 is 5.64. The molecule has 6 nitrogen and oxygen atoms in total. The number of benzene rings is 3. The highest BCUT2D eigenvalue weighted by Gasteiger charge is 2.10. The maximum atomic E-state index is 12.0. The van der Waals surface area contributed by atoms with Gasteiger partial charge in [0.1, 0.15) is 12.4 Å². The Balaban J connectivity index is 1.53. The number of nitro benzene ring substituents is 1. The average molecular weight is 336 g/mol. The summed E-state index contributed by atoms with van der Waals surface area (Å²) >= 11 is 0. The summed E-state index contributed by atoms with van der Waals surface area (Å²) in [5, 5.41) is 15.6. The second kappa shape index (κ2) is 7.44. The van der Waals surface area contributed by atoms with Crippen LogP contribution in [0.3, 0.4) is 0 Å². The molecule has 0 atom stereocenters. The van der Waals surface area contributed by atoms with Crippen molar-refractivity contribution in [3.8, 4) is 5.75 Å². The molecule has 3 aromatic rings. The predicted molar refractivity (Wildman–Crippen MR) is 94.9 cm³/mol. The van der Waals surface area contributed by atoms with E-state index in [4.69, 9.17) is 4.74 Å². The molecule has 6 heteroatoms. The molecule has 0 radical (unpaired) electrons. The number of nitrogens with one attached hydrogen (secondary N) is 1. The smallest absolute Gasteiger partial charge is 0.270 e. The van der Waals surface area contributed by atoms with Gasteiger partial charge in [-0.15, -0.1) is 0 Å². The lowest BCUT2D eigenvalue weighted by Gasteiger charge is -2.09. The van der Waals surface area contributed by atoms with Gasteiger partial charge < -0.3 is 10.1 Å². The zero-order chi connectivity index (χ0) is 17.6. The summed E-state index contributed by atoms with van der Waals surface area (Å²) in [7, 11) is 0. The summed E-state index contributed by atoms with van der Waals surface area (Å²) in [5.41, 5.74) is 0.139. The molecule has 3 rings (SSSR count). The van der Waals surface area contributed by atoms with Crippen molar-refractivity contribution in [1.29, 1.82) is 0 Å². The fourth-order valence-electron chi connectivity index (χ4n) is 2.45. The van der Waals surface area contributed by atoms with E-state index in [1.807, 2.05) is 42.5 Å². The lowest BCUT2D eigenvalue weighted by molar-refractivity contribution is -0.384. The number of rotatable bonds is 6. The molecular formula is C19H16N2O4. The van der Waals surface area contributed by atoms with E-state index < -0.39 is 4.92 Å². The van der Waals surface area contributed by atoms with E-state index in [1.165, 1.54) is 24.3 Å². The third-order valence-corrected chi connectivity index (χ3v) is 3.70. The van der Waals surface area contributed by atoms with Crippen molar-refractivity contribution in [1.82, 2.24) is 5.32 Å². The Labute approximate surface area is 144 Å². The standard InChI is InChI=1S/C19H16N2O4/c22-19(16-6-3-7-17(12-16)21(23)24)20-10-11-25-18-9-8-14-4-1-2-5-15(14)13-18/h1-9,12-13H,10-11H2,(H,20,22). The van der Waals surface area contributed by atoms with Gasteiger partial charge in [0, 0.05) is 17.7 Å². The molecule has 0 saturated heterocycles. The van der Waals surface area contributed by atoms with Crippen molar-refractivity contribution < 1.29 is 14.5 Å². The highest BCUT2D eigenvalue weighted by atomic mass is 16.6. The second-order valence-electron chi connectivity index (χ2n) is 5.42. The highest BCUT2D eigenvalue weighted by Crippen LogP contribution is 2.20. The summed E-state index contributed by atoms with van der Waals surface area (Å²) in [6.45, 7) is 0.605. The van der Waals surface area contributed by atoms with Crippen molar-refractivity contribution in [3.63, 3.8) is 0 Å². The van der Waals surface area contributed by atoms with E-state index in [-0.39, 0.29) is 17.2 Å². The molecule has 1 amide bonds. The minimum atomic E-state index is -0.528. The average Bonchev–Trinajstić information content (AvgIpc) is 2.65. The monoisotopic (exact) mass is 336 g/mol. The van der Waals surface area contributed by atoms with Crippen molar-refractivity contribution >= 4 is 22.4 Å². The van der Waals surface area contributed by atoms with Gasteiger partial charge in [0.15, 0.2) is 0 Å². The van der Waals surface area contributed by atoms with Crippen LogP contribution in [-0.2, 0) is 0 Å². The number of fused-ring (bicyclic) bond motifs is 1. The number of hydrogen-bond acceptors (Lipinski definition) is 4. The molecule has 0 aliphatic rings. The third kappa shape index (κ3) is 4.11. The second-order valence-corrected chi connectivity index (χ2v) is 5.42. The lowest BCUT2D eigenvalue weighted by atomic mass is 10.1. The van der Waals surface area contributed by atoms with Crippen LogP contribution in [0, 0.1) is 10.1 Å². The van der Waals surface area contributed by atoms with E-state index in [0.717, 1.165) is 16.5 Å². The Morgan fingerprint density at radius 3 is 2.60 bits per heavy atom. The summed E-state index contributed by atoms with van der Waals surface area (Å²) in [6.07, 6.45) is 0. The first-order valence-corrected chi connectivity index (χ1v) is 7.78. The molecule has 0 aromatic heterocycles. The molecule has 126 valence electrons. The Morgan fingerprint density at radius 2 is 1.80 bits per heavy atom. The quantitative estimate of drug-likeness (QED) is 0.424. The maximum Gasteiger partial charge on any atom is 0.270 e. The maximum absolute atomic E-state index is 12.0. The Bertz CT molecular complexity index is 924. The largest absolute Gasteiger partial charge is 0.492 e. The first kappa shape index (κ1) is 16.4. The number of hydrogen-bond donors (Lipinski definition) is 1. The zero-order valence-electron chi connectivity index (χ0n) is 13.3. The van der Waals surface area contributed by atoms with E-state index in [2.05, 4.69) is 5.32 Å². The minimum absolute atomic E-state index is 0.111. The van der Waals surface area contributed by atoms with Gasteiger partial charge in [0.25, 0.3) is 11.6 Å². The fourth-order valence-corrected chi connectivity index (χ4v) is 2.45. The summed E-state index contributed by atoms with van der Waals surface area (Å²) in [4.78, 5) is 22.2. The number of carbonyl (C=O) groups excluding carboxylic acids is 1. The Hall–Kier alpha value is -3.41. The number of non-ortho nitro benzene ring substituents is 1. The molecule has 0 unspecified atom stereocenters. The van der Waals surface area contributed by atoms with Crippen LogP contribution in [-0.4, -0.2) is 24.0 Å². The van der Waals surface area contributed by atoms with Gasteiger partial charge in [0.2, 0.25) is 0 Å². The molecular weight excluding hydrogens is 320 g/mol. The first-order chi connectivity index (χ1) is 12.1. The van der Waals surface area contributed by atoms with Gasteiger partial charge in [-0.25, -0.2) is 0 Å². The zero-order valence-corrected chi connectivity index (χ0v) is 13.3. The highest BCUT2D eigenvalue weighted by molar-refractivity contribution is 5.94. The van der Waals surface area contributed by atoms with Gasteiger partial charge in [0.05, 0.1) is 11.5 Å². The number of amides is 1. The van der Waals surface area contributed by atoms with Crippen LogP contribution >= 0.6 is 0 Å². The first-order valence-electron chi connectivity index (χ1n) is 7.78. The van der Waals surface area contributed by atoms with Crippen LogP contribution in [0.25, 0.3) is 10.8 Å². The van der Waals surface area contributed by atoms with Crippen LogP contribution in [0.4, 0.5) is 5.69 Å². The van der Waals surface area contributed by atoms with E-state index in [0.29, 0.717) is 13.2 Å². The molecule has 0 saturated carbocycles. The van der Waals surface area contributed by atoms with Gasteiger partial charge in [-0.2, -0.15) is 0 Å². The molecule has 3 aromatic carbocycles. The van der Waals surface area contributed by atoms with Crippen molar-refractivity contribution in [3.05, 3.63) is 82.4 Å². The van der Waals surface area contributed by atoms with Crippen LogP contribution < -0.4 is 10.1 Å². The molecule has 0 aliphatic heterocycles. The Morgan fingerprint density at radius 1 is 1.00 bits per heavy atom. The molecule has 0 spiro atoms. The predicted octanol–water partition coefficient (Wildman–Crippen LogP) is 3.56. The van der Waals surface area contributed by atoms with Gasteiger partial charge in [-0.1, -0.05) is 36.4 Å². The van der Waals surface area contributed by atoms with Crippen LogP contribution in [0.1, 0.15) is 10.4 Å². The number of nitrogens with zero attached hydrogens (tertiary/aromatic N) is 1. The molecule has 0 fully saturated rings. The number of carbonyl (C=O) groups is 1. The molecule has 0 heterocycles. The van der Waals surface area contributed by atoms with Crippen molar-refractivity contribution in [2.24, 2.45) is 0 Å². The summed E-state index contributed by atoms with van der Waals surface area (Å²) in [5.74, 6) is 0.356. The fraction of sp³-hybridized carbons (Fsp3) is 0.105. The molecule has 0 bridgehead atoms. The normalized spacial score (nSPS) is 10.4. The van der Waals surface area contributed by atoms with Gasteiger partial charge in [-0.05, 0) is 29.0 Å². The topological polar surface area (TPSA) is 81.5 Å². The molecule has 25 heavy (non-hydrogen) atoms. The minimum Gasteiger partial charge on any atom is -0.492 e. The lowest BCUT2D eigenvalue weighted by Crippen LogP contribution is -2.28. The van der Waals surface area contributed by atoms with Crippen molar-refractivity contribution in [2.45, 2.75) is 0 Å². The van der Waals surface area contributed by atoms with E-state index in [9.17, 15) is 14.9 Å². The van der Waals surface area contributed by atoms with E-state index in [1.54, 1.807) is 0 Å². The van der Waals surface area contributed by atoms with Gasteiger partial charge in [-0.3, -0.25) is 14.9 Å². The van der Waals surface area contributed by atoms with Crippen molar-refractivity contribution in [2.75, 3.05) is 13.2 Å².